The average molecular weight is 676 g/mol. The average Bonchev–Trinajstić information content (AvgIpc) is 3.24. The molecule has 0 aliphatic heterocycles. The van der Waals surface area contributed by atoms with Gasteiger partial charge in [-0.2, -0.15) is 0 Å². The van der Waals surface area contributed by atoms with E-state index in [0.29, 0.717) is 0 Å². The minimum atomic E-state index is 1.09. The van der Waals surface area contributed by atoms with Crippen LogP contribution in [-0.2, 0) is 0 Å². The maximum Gasteiger partial charge on any atom is 0.0468 e. The van der Waals surface area contributed by atoms with Gasteiger partial charge in [0.05, 0.1) is 0 Å². The van der Waals surface area contributed by atoms with Crippen molar-refractivity contribution in [3.05, 3.63) is 201 Å². The van der Waals surface area contributed by atoms with Crippen LogP contribution in [0.3, 0.4) is 0 Å². The van der Waals surface area contributed by atoms with Crippen LogP contribution in [0.25, 0.3) is 76.5 Å². The molecule has 53 heavy (non-hydrogen) atoms. The number of hydrogen-bond acceptors (Lipinski definition) is 3. The maximum absolute atomic E-state index is 4.34. The number of nitrogens with zero attached hydrogens (tertiary/aromatic N) is 3. The molecule has 2 heterocycles. The SMILES string of the molecule is c1ccc(-c2ccc3c(ccc4cc(N(c5ccc(-c6ccc7ccncc7c6)cc5)c5ccc(-c6ccc7ccncc7c6)cc5)ccc43)c2)cc1. The van der Waals surface area contributed by atoms with E-state index in [1.165, 1.54) is 65.7 Å². The van der Waals surface area contributed by atoms with Gasteiger partial charge in [-0.05, 0) is 132 Å². The van der Waals surface area contributed by atoms with Crippen LogP contribution in [0.2, 0.25) is 0 Å². The Morgan fingerprint density at radius 1 is 0.283 bits per heavy atom. The molecule has 0 saturated carbocycles. The van der Waals surface area contributed by atoms with Crippen molar-refractivity contribution in [2.45, 2.75) is 0 Å². The van der Waals surface area contributed by atoms with Crippen LogP contribution < -0.4 is 4.90 Å². The fourth-order valence-corrected chi connectivity index (χ4v) is 7.59. The molecule has 0 fully saturated rings. The van der Waals surface area contributed by atoms with Crippen LogP contribution in [-0.4, -0.2) is 9.97 Å². The number of rotatable bonds is 6. The van der Waals surface area contributed by atoms with Crippen molar-refractivity contribution >= 4 is 60.2 Å². The molecule has 8 aromatic carbocycles. The molecule has 0 bridgehead atoms. The Hall–Kier alpha value is -7.10. The first-order valence-electron chi connectivity index (χ1n) is 17.9. The molecular formula is C50H33N3. The molecule has 248 valence electrons. The highest BCUT2D eigenvalue weighted by Crippen LogP contribution is 2.40. The largest absolute Gasteiger partial charge is 0.310 e. The zero-order valence-electron chi connectivity index (χ0n) is 28.9. The molecule has 0 spiro atoms. The lowest BCUT2D eigenvalue weighted by Crippen LogP contribution is -2.09. The van der Waals surface area contributed by atoms with Crippen LogP contribution in [0.1, 0.15) is 0 Å². The number of hydrogen-bond donors (Lipinski definition) is 0. The third kappa shape index (κ3) is 5.75. The molecule has 10 aromatic rings. The lowest BCUT2D eigenvalue weighted by atomic mass is 9.97. The second kappa shape index (κ2) is 12.9. The molecule has 0 atom stereocenters. The molecule has 0 unspecified atom stereocenters. The van der Waals surface area contributed by atoms with Crippen LogP contribution >= 0.6 is 0 Å². The van der Waals surface area contributed by atoms with Crippen LogP contribution in [0, 0.1) is 0 Å². The summed E-state index contributed by atoms with van der Waals surface area (Å²) in [5.41, 5.74) is 10.4. The summed E-state index contributed by atoms with van der Waals surface area (Å²) in [6, 6.07) is 63.7. The summed E-state index contributed by atoms with van der Waals surface area (Å²) in [5, 5.41) is 9.60. The lowest BCUT2D eigenvalue weighted by molar-refractivity contribution is 1.29. The van der Waals surface area contributed by atoms with E-state index in [1.54, 1.807) is 0 Å². The second-order valence-electron chi connectivity index (χ2n) is 13.6. The number of aromatic nitrogens is 2. The van der Waals surface area contributed by atoms with E-state index >= 15 is 0 Å². The fraction of sp³-hybridized carbons (Fsp3) is 0. The summed E-state index contributed by atoms with van der Waals surface area (Å²) in [5.74, 6) is 0. The van der Waals surface area contributed by atoms with E-state index < -0.39 is 0 Å². The van der Waals surface area contributed by atoms with E-state index in [9.17, 15) is 0 Å². The fourth-order valence-electron chi connectivity index (χ4n) is 7.59. The topological polar surface area (TPSA) is 29.0 Å². The molecule has 2 aromatic heterocycles. The van der Waals surface area contributed by atoms with Gasteiger partial charge in [-0.15, -0.1) is 0 Å². The summed E-state index contributed by atoms with van der Waals surface area (Å²) in [6.45, 7) is 0. The molecule has 3 nitrogen and oxygen atoms in total. The standard InChI is InChI=1S/C50H33N3/c1-2-4-34(5-3-1)41-16-22-49-42(28-41)10-11-43-31-48(21-23-50(43)49)53(46-17-12-35(13-18-46)39-8-6-37-24-26-51-32-44(37)29-39)47-19-14-36(15-20-47)40-9-7-38-25-27-52-33-45(38)30-40/h1-33H. The monoisotopic (exact) mass is 675 g/mol. The zero-order valence-corrected chi connectivity index (χ0v) is 28.9. The number of pyridine rings is 2. The predicted octanol–water partition coefficient (Wildman–Crippen LogP) is 13.6. The molecule has 3 heteroatoms. The summed E-state index contributed by atoms with van der Waals surface area (Å²) >= 11 is 0. The van der Waals surface area contributed by atoms with Crippen molar-refractivity contribution in [2.75, 3.05) is 4.90 Å². The van der Waals surface area contributed by atoms with E-state index in [4.69, 9.17) is 0 Å². The summed E-state index contributed by atoms with van der Waals surface area (Å²) in [6.07, 6.45) is 7.54. The smallest absolute Gasteiger partial charge is 0.0468 e. The Labute approximate surface area is 308 Å². The Morgan fingerprint density at radius 3 is 1.26 bits per heavy atom. The van der Waals surface area contributed by atoms with Crippen molar-refractivity contribution in [2.24, 2.45) is 0 Å². The third-order valence-electron chi connectivity index (χ3n) is 10.4. The van der Waals surface area contributed by atoms with E-state index in [0.717, 1.165) is 27.8 Å². The Morgan fingerprint density at radius 2 is 0.698 bits per heavy atom. The van der Waals surface area contributed by atoms with Gasteiger partial charge in [-0.1, -0.05) is 109 Å². The van der Waals surface area contributed by atoms with Crippen LogP contribution in [0.15, 0.2) is 201 Å². The molecule has 10 rings (SSSR count). The minimum Gasteiger partial charge on any atom is -0.310 e. The minimum absolute atomic E-state index is 1.09. The molecule has 0 radical (unpaired) electrons. The van der Waals surface area contributed by atoms with Gasteiger partial charge in [0.2, 0.25) is 0 Å². The van der Waals surface area contributed by atoms with Crippen molar-refractivity contribution in [1.29, 1.82) is 0 Å². The maximum atomic E-state index is 4.34. The second-order valence-corrected chi connectivity index (χ2v) is 13.6. The van der Waals surface area contributed by atoms with Gasteiger partial charge in [0.15, 0.2) is 0 Å². The first-order valence-corrected chi connectivity index (χ1v) is 17.9. The highest BCUT2D eigenvalue weighted by Gasteiger charge is 2.15. The Kier molecular flexibility index (Phi) is 7.47. The predicted molar refractivity (Wildman–Crippen MR) is 223 cm³/mol. The van der Waals surface area contributed by atoms with Crippen molar-refractivity contribution in [3.8, 4) is 33.4 Å². The molecule has 0 aliphatic carbocycles. The van der Waals surface area contributed by atoms with Gasteiger partial charge in [0.25, 0.3) is 0 Å². The number of fused-ring (bicyclic) bond motifs is 5. The molecule has 0 aliphatic rings. The Bertz CT molecular complexity index is 2810. The number of anilines is 3. The normalized spacial score (nSPS) is 11.4. The first-order chi connectivity index (χ1) is 26.2. The Balaban J connectivity index is 1.05. The number of benzene rings is 8. The highest BCUT2D eigenvalue weighted by molar-refractivity contribution is 6.09. The van der Waals surface area contributed by atoms with Gasteiger partial charge in [-0.25, -0.2) is 0 Å². The summed E-state index contributed by atoms with van der Waals surface area (Å²) in [7, 11) is 0. The van der Waals surface area contributed by atoms with Gasteiger partial charge < -0.3 is 4.90 Å². The zero-order chi connectivity index (χ0) is 35.1. The first kappa shape index (κ1) is 30.7. The van der Waals surface area contributed by atoms with Crippen LogP contribution in [0.5, 0.6) is 0 Å². The van der Waals surface area contributed by atoms with Crippen LogP contribution in [0.4, 0.5) is 17.1 Å². The van der Waals surface area contributed by atoms with Gasteiger partial charge in [0.1, 0.15) is 0 Å². The third-order valence-corrected chi connectivity index (χ3v) is 10.4. The molecule has 0 amide bonds. The van der Waals surface area contributed by atoms with Gasteiger partial charge in [-0.3, -0.25) is 9.97 Å². The summed E-state index contributed by atoms with van der Waals surface area (Å²) < 4.78 is 0. The lowest BCUT2D eigenvalue weighted by Gasteiger charge is -2.26. The summed E-state index contributed by atoms with van der Waals surface area (Å²) in [4.78, 5) is 11.0. The molecule has 0 N–H and O–H groups in total. The van der Waals surface area contributed by atoms with Crippen molar-refractivity contribution in [1.82, 2.24) is 9.97 Å². The van der Waals surface area contributed by atoms with Gasteiger partial charge in [0, 0.05) is 52.6 Å². The highest BCUT2D eigenvalue weighted by atomic mass is 15.1. The van der Waals surface area contributed by atoms with E-state index in [2.05, 4.69) is 191 Å². The van der Waals surface area contributed by atoms with E-state index in [1.807, 2.05) is 24.8 Å². The van der Waals surface area contributed by atoms with Crippen molar-refractivity contribution < 1.29 is 0 Å². The quantitative estimate of drug-likeness (QED) is 0.164. The van der Waals surface area contributed by atoms with E-state index in [-0.39, 0.29) is 0 Å². The van der Waals surface area contributed by atoms with Crippen molar-refractivity contribution in [3.63, 3.8) is 0 Å². The molecular weight excluding hydrogens is 643 g/mol. The molecule has 0 saturated heterocycles. The van der Waals surface area contributed by atoms with Gasteiger partial charge >= 0.3 is 0 Å².